The van der Waals surface area contributed by atoms with Gasteiger partial charge in [0.2, 0.25) is 0 Å². The zero-order valence-corrected chi connectivity index (χ0v) is 24.5. The molecule has 2 atom stereocenters. The van der Waals surface area contributed by atoms with Crippen molar-refractivity contribution < 1.29 is 9.53 Å². The van der Waals surface area contributed by atoms with Crippen molar-refractivity contribution >= 4 is 13.2 Å². The Bertz CT molecular complexity index is 670. The fourth-order valence-corrected chi connectivity index (χ4v) is 6.68. The standard InChI is InChI=1S/C33H57BNO2/c1-5-9-23-32(8-4)37-26-33(36)35-31(7-3)25-24-27(6-2)28-17-15-21-30(22-16-18-28)34-29-19-13-11-10-12-14-20-29/h5,8-9,23,27-31H,1,6-7,10-22,24-26H2,2-4H3,(H,35,36)/b23-9-,32-8+. The molecule has 4 heteroatoms. The number of hydrogen-bond acceptors (Lipinski definition) is 2. The predicted molar refractivity (Wildman–Crippen MR) is 161 cm³/mol. The number of rotatable bonds is 14. The molecule has 1 N–H and O–H groups in total. The van der Waals surface area contributed by atoms with Crippen LogP contribution < -0.4 is 5.32 Å². The third-order valence-electron chi connectivity index (χ3n) is 8.98. The molecule has 37 heavy (non-hydrogen) atoms. The maximum Gasteiger partial charge on any atom is 0.258 e. The second kappa shape index (κ2) is 19.6. The van der Waals surface area contributed by atoms with E-state index in [2.05, 4.69) is 33.0 Å². The monoisotopic (exact) mass is 510 g/mol. The maximum atomic E-state index is 12.5. The highest BCUT2D eigenvalue weighted by Gasteiger charge is 2.26. The van der Waals surface area contributed by atoms with E-state index < -0.39 is 0 Å². The number of nitrogens with one attached hydrogen (secondary N) is 1. The summed E-state index contributed by atoms with van der Waals surface area (Å²) in [6, 6.07) is 0.235. The van der Waals surface area contributed by atoms with Gasteiger partial charge in [-0.3, -0.25) is 4.79 Å². The molecule has 0 aromatic rings. The lowest BCUT2D eigenvalue weighted by molar-refractivity contribution is -0.125. The minimum Gasteiger partial charge on any atom is -0.484 e. The lowest BCUT2D eigenvalue weighted by Crippen LogP contribution is -2.37. The van der Waals surface area contributed by atoms with Gasteiger partial charge in [-0.2, -0.15) is 0 Å². The van der Waals surface area contributed by atoms with Gasteiger partial charge in [0.15, 0.2) is 6.61 Å². The summed E-state index contributed by atoms with van der Waals surface area (Å²) in [4.78, 5) is 12.5. The highest BCUT2D eigenvalue weighted by molar-refractivity contribution is 6.39. The van der Waals surface area contributed by atoms with E-state index in [9.17, 15) is 4.79 Å². The summed E-state index contributed by atoms with van der Waals surface area (Å²) in [5, 5.41) is 3.22. The van der Waals surface area contributed by atoms with E-state index in [1.807, 2.05) is 25.2 Å². The van der Waals surface area contributed by atoms with Gasteiger partial charge in [-0.1, -0.05) is 134 Å². The second-order valence-electron chi connectivity index (χ2n) is 11.7. The van der Waals surface area contributed by atoms with Gasteiger partial charge in [-0.05, 0) is 50.2 Å². The molecule has 0 aliphatic heterocycles. The first-order chi connectivity index (χ1) is 18.1. The summed E-state index contributed by atoms with van der Waals surface area (Å²) in [6.07, 6.45) is 30.3. The highest BCUT2D eigenvalue weighted by Crippen LogP contribution is 2.38. The molecule has 0 saturated heterocycles. The molecular formula is C33H57BNO2. The normalized spacial score (nSPS) is 24.2. The Balaban J connectivity index is 1.73. The minimum absolute atomic E-state index is 0.0243. The number of allylic oxidation sites excluding steroid dienone is 4. The van der Waals surface area contributed by atoms with E-state index in [4.69, 9.17) is 4.74 Å². The summed E-state index contributed by atoms with van der Waals surface area (Å²) in [6.45, 7) is 10.2. The van der Waals surface area contributed by atoms with Crippen molar-refractivity contribution in [3.8, 4) is 0 Å². The average Bonchev–Trinajstić information content (AvgIpc) is 2.87. The Hall–Kier alpha value is -1.45. The van der Waals surface area contributed by atoms with Gasteiger partial charge in [-0.25, -0.2) is 0 Å². The van der Waals surface area contributed by atoms with Crippen LogP contribution in [0.25, 0.3) is 0 Å². The lowest BCUT2D eigenvalue weighted by atomic mass is 9.49. The first-order valence-electron chi connectivity index (χ1n) is 15.8. The largest absolute Gasteiger partial charge is 0.484 e. The van der Waals surface area contributed by atoms with Crippen LogP contribution in [0.5, 0.6) is 0 Å². The van der Waals surface area contributed by atoms with Crippen LogP contribution in [-0.4, -0.2) is 25.8 Å². The summed E-state index contributed by atoms with van der Waals surface area (Å²) >= 11 is 0. The molecule has 209 valence electrons. The molecule has 2 unspecified atom stereocenters. The first-order valence-corrected chi connectivity index (χ1v) is 15.8. The van der Waals surface area contributed by atoms with Crippen molar-refractivity contribution in [2.75, 3.05) is 6.61 Å². The molecule has 0 aromatic carbocycles. The topological polar surface area (TPSA) is 38.3 Å². The third kappa shape index (κ3) is 13.3. The van der Waals surface area contributed by atoms with Crippen molar-refractivity contribution in [3.05, 3.63) is 36.6 Å². The van der Waals surface area contributed by atoms with E-state index in [1.54, 1.807) is 6.08 Å². The molecule has 2 fully saturated rings. The van der Waals surface area contributed by atoms with Crippen molar-refractivity contribution in [2.24, 2.45) is 11.8 Å². The highest BCUT2D eigenvalue weighted by atomic mass is 16.5. The SMILES string of the molecule is C=C/C=C\C(=C/C)OCC(=O)NC(CC)CCC(CC)C1CCCC([B]C2CCCCCCC2)CCC1. The average molecular weight is 511 g/mol. The number of hydrogen-bond donors (Lipinski definition) is 1. The lowest BCUT2D eigenvalue weighted by Gasteiger charge is -2.32. The van der Waals surface area contributed by atoms with Crippen LogP contribution in [0.3, 0.4) is 0 Å². The van der Waals surface area contributed by atoms with Gasteiger partial charge in [0.25, 0.3) is 5.91 Å². The Morgan fingerprint density at radius 2 is 1.54 bits per heavy atom. The van der Waals surface area contributed by atoms with E-state index >= 15 is 0 Å². The zero-order valence-electron chi connectivity index (χ0n) is 24.5. The molecule has 1 amide bonds. The van der Waals surface area contributed by atoms with Crippen molar-refractivity contribution in [2.45, 2.75) is 148 Å². The Labute approximate surface area is 230 Å². The second-order valence-corrected chi connectivity index (χ2v) is 11.7. The molecule has 2 rings (SSSR count). The van der Waals surface area contributed by atoms with E-state index in [0.717, 1.165) is 36.3 Å². The zero-order chi connectivity index (χ0) is 26.7. The van der Waals surface area contributed by atoms with Gasteiger partial charge >= 0.3 is 0 Å². The van der Waals surface area contributed by atoms with Crippen molar-refractivity contribution in [3.63, 3.8) is 0 Å². The van der Waals surface area contributed by atoms with Crippen LogP contribution >= 0.6 is 0 Å². The molecule has 2 aliphatic carbocycles. The molecule has 3 nitrogen and oxygen atoms in total. The van der Waals surface area contributed by atoms with Crippen LogP contribution in [0, 0.1) is 11.8 Å². The smallest absolute Gasteiger partial charge is 0.258 e. The van der Waals surface area contributed by atoms with Gasteiger partial charge in [0, 0.05) is 6.04 Å². The van der Waals surface area contributed by atoms with Crippen LogP contribution in [0.1, 0.15) is 130 Å². The number of amides is 1. The predicted octanol–water partition coefficient (Wildman–Crippen LogP) is 9.35. The fourth-order valence-electron chi connectivity index (χ4n) is 6.68. The van der Waals surface area contributed by atoms with Gasteiger partial charge in [0.05, 0.1) is 0 Å². The van der Waals surface area contributed by atoms with Crippen LogP contribution in [-0.2, 0) is 9.53 Å². The Morgan fingerprint density at radius 1 is 0.919 bits per heavy atom. The molecule has 2 aliphatic rings. The quantitative estimate of drug-likeness (QED) is 0.144. The number of ether oxygens (including phenoxy) is 1. The summed E-state index contributed by atoms with van der Waals surface area (Å²) in [5.74, 6) is 4.07. The van der Waals surface area contributed by atoms with Gasteiger partial charge < -0.3 is 10.1 Å². The van der Waals surface area contributed by atoms with Crippen LogP contribution in [0.2, 0.25) is 11.6 Å². The number of carbonyl (C=O) groups is 1. The Kier molecular flexibility index (Phi) is 16.8. The summed E-state index contributed by atoms with van der Waals surface area (Å²) in [7, 11) is 2.80. The molecule has 0 heterocycles. The first kappa shape index (κ1) is 31.8. The molecule has 0 spiro atoms. The van der Waals surface area contributed by atoms with Gasteiger partial charge in [0.1, 0.15) is 13.0 Å². The summed E-state index contributed by atoms with van der Waals surface area (Å²) in [5.41, 5.74) is 0. The molecule has 0 aromatic heterocycles. The molecule has 0 bridgehead atoms. The van der Waals surface area contributed by atoms with Crippen LogP contribution in [0.4, 0.5) is 0 Å². The van der Waals surface area contributed by atoms with E-state index in [-0.39, 0.29) is 18.6 Å². The minimum atomic E-state index is -0.0243. The Morgan fingerprint density at radius 3 is 2.11 bits per heavy atom. The molecule has 2 saturated carbocycles. The van der Waals surface area contributed by atoms with Crippen molar-refractivity contribution in [1.29, 1.82) is 0 Å². The van der Waals surface area contributed by atoms with Crippen LogP contribution in [0.15, 0.2) is 36.6 Å². The van der Waals surface area contributed by atoms with Gasteiger partial charge in [-0.15, -0.1) is 0 Å². The summed E-state index contributed by atoms with van der Waals surface area (Å²) < 4.78 is 5.65. The molecule has 1 radical (unpaired) electrons. The van der Waals surface area contributed by atoms with E-state index in [0.29, 0.717) is 5.76 Å². The third-order valence-corrected chi connectivity index (χ3v) is 8.98. The molecular weight excluding hydrogens is 453 g/mol. The fraction of sp³-hybridized carbons (Fsp3) is 0.788. The number of carbonyl (C=O) groups excluding carboxylic acids is 1. The van der Waals surface area contributed by atoms with Crippen molar-refractivity contribution in [1.82, 2.24) is 5.32 Å². The maximum absolute atomic E-state index is 12.5. The van der Waals surface area contributed by atoms with E-state index in [1.165, 1.54) is 96.3 Å².